The first kappa shape index (κ1) is 10.9. The van der Waals surface area contributed by atoms with E-state index in [0.29, 0.717) is 0 Å². The zero-order valence-electron chi connectivity index (χ0n) is 9.18. The van der Waals surface area contributed by atoms with Gasteiger partial charge in [-0.2, -0.15) is 0 Å². The molecule has 0 amide bonds. The zero-order valence-corrected chi connectivity index (χ0v) is 10.8. The molecule has 0 bridgehead atoms. The van der Waals surface area contributed by atoms with E-state index in [4.69, 9.17) is 5.73 Å². The molecule has 1 aromatic carbocycles. The standard InChI is InChI=1S/C13H16BrN/c1-13(2,15)11-5-3-9-4-6-12(14)8-10(9)7-11/h4,6-8H,3,5,15H2,1-2H3. The number of rotatable bonds is 1. The fourth-order valence-electron chi connectivity index (χ4n) is 1.97. The van der Waals surface area contributed by atoms with Gasteiger partial charge in [-0.3, -0.25) is 0 Å². The molecule has 0 saturated heterocycles. The Balaban J connectivity index is 2.44. The predicted octanol–water partition coefficient (Wildman–Crippen LogP) is 3.52. The van der Waals surface area contributed by atoms with Gasteiger partial charge in [0.2, 0.25) is 0 Å². The summed E-state index contributed by atoms with van der Waals surface area (Å²) >= 11 is 3.50. The number of hydrogen-bond acceptors (Lipinski definition) is 1. The van der Waals surface area contributed by atoms with Crippen LogP contribution in [0.4, 0.5) is 0 Å². The van der Waals surface area contributed by atoms with Crippen LogP contribution in [-0.4, -0.2) is 5.54 Å². The Labute approximate surface area is 99.5 Å². The summed E-state index contributed by atoms with van der Waals surface area (Å²) < 4.78 is 1.13. The van der Waals surface area contributed by atoms with Gasteiger partial charge >= 0.3 is 0 Å². The summed E-state index contributed by atoms with van der Waals surface area (Å²) in [6.45, 7) is 4.14. The van der Waals surface area contributed by atoms with Crippen molar-refractivity contribution in [1.29, 1.82) is 0 Å². The summed E-state index contributed by atoms with van der Waals surface area (Å²) in [6.07, 6.45) is 4.43. The number of nitrogens with two attached hydrogens (primary N) is 1. The monoisotopic (exact) mass is 265 g/mol. The molecule has 1 aliphatic rings. The Morgan fingerprint density at radius 1 is 1.27 bits per heavy atom. The fourth-order valence-corrected chi connectivity index (χ4v) is 2.34. The summed E-state index contributed by atoms with van der Waals surface area (Å²) in [4.78, 5) is 0. The van der Waals surface area contributed by atoms with Gasteiger partial charge in [0.05, 0.1) is 0 Å². The third-order valence-electron chi connectivity index (χ3n) is 2.93. The molecule has 0 aromatic heterocycles. The van der Waals surface area contributed by atoms with E-state index in [1.54, 1.807) is 0 Å². The Bertz CT molecular complexity index is 413. The second-order valence-electron chi connectivity index (χ2n) is 4.73. The maximum absolute atomic E-state index is 6.13. The van der Waals surface area contributed by atoms with E-state index in [2.05, 4.69) is 54.1 Å². The van der Waals surface area contributed by atoms with Gasteiger partial charge < -0.3 is 5.73 Å². The van der Waals surface area contributed by atoms with E-state index >= 15 is 0 Å². The molecule has 80 valence electrons. The maximum atomic E-state index is 6.13. The van der Waals surface area contributed by atoms with Crippen LogP contribution in [-0.2, 0) is 6.42 Å². The van der Waals surface area contributed by atoms with Gasteiger partial charge in [0.15, 0.2) is 0 Å². The third-order valence-corrected chi connectivity index (χ3v) is 3.42. The molecule has 0 saturated carbocycles. The van der Waals surface area contributed by atoms with E-state index in [1.807, 2.05) is 0 Å². The molecule has 0 unspecified atom stereocenters. The molecular formula is C13H16BrN. The lowest BCUT2D eigenvalue weighted by Gasteiger charge is -2.27. The van der Waals surface area contributed by atoms with Gasteiger partial charge in [-0.25, -0.2) is 0 Å². The number of fused-ring (bicyclic) bond motifs is 1. The minimum atomic E-state index is -0.194. The first-order chi connectivity index (χ1) is 6.97. The Morgan fingerprint density at radius 3 is 2.67 bits per heavy atom. The molecule has 0 heterocycles. The summed E-state index contributed by atoms with van der Waals surface area (Å²) in [6, 6.07) is 6.46. The molecule has 1 nitrogen and oxygen atoms in total. The van der Waals surface area contributed by atoms with Crippen molar-refractivity contribution in [3.05, 3.63) is 39.4 Å². The van der Waals surface area contributed by atoms with Crippen LogP contribution in [0.25, 0.3) is 6.08 Å². The van der Waals surface area contributed by atoms with Crippen molar-refractivity contribution in [3.8, 4) is 0 Å². The molecule has 1 aliphatic carbocycles. The molecular weight excluding hydrogens is 250 g/mol. The van der Waals surface area contributed by atoms with Gasteiger partial charge in [0.25, 0.3) is 0 Å². The minimum absolute atomic E-state index is 0.194. The van der Waals surface area contributed by atoms with E-state index in [0.717, 1.165) is 17.3 Å². The number of hydrogen-bond donors (Lipinski definition) is 1. The van der Waals surface area contributed by atoms with Gasteiger partial charge in [-0.15, -0.1) is 0 Å². The average molecular weight is 266 g/mol. The van der Waals surface area contributed by atoms with Crippen LogP contribution in [0.5, 0.6) is 0 Å². The van der Waals surface area contributed by atoms with Crippen molar-refractivity contribution >= 4 is 22.0 Å². The highest BCUT2D eigenvalue weighted by Gasteiger charge is 2.21. The molecule has 2 N–H and O–H groups in total. The first-order valence-electron chi connectivity index (χ1n) is 5.25. The van der Waals surface area contributed by atoms with Crippen molar-refractivity contribution < 1.29 is 0 Å². The van der Waals surface area contributed by atoms with Crippen LogP contribution < -0.4 is 5.73 Å². The number of aryl methyl sites for hydroxylation is 1. The molecule has 15 heavy (non-hydrogen) atoms. The molecule has 0 atom stereocenters. The highest BCUT2D eigenvalue weighted by Crippen LogP contribution is 2.30. The normalized spacial score (nSPS) is 15.9. The zero-order chi connectivity index (χ0) is 11.1. The van der Waals surface area contributed by atoms with Crippen LogP contribution in [0.15, 0.2) is 28.2 Å². The molecule has 2 heteroatoms. The largest absolute Gasteiger partial charge is 0.322 e. The van der Waals surface area contributed by atoms with Crippen LogP contribution in [0.2, 0.25) is 0 Å². The number of benzene rings is 1. The minimum Gasteiger partial charge on any atom is -0.322 e. The lowest BCUT2D eigenvalue weighted by molar-refractivity contribution is 0.583. The van der Waals surface area contributed by atoms with E-state index in [9.17, 15) is 0 Å². The molecule has 0 radical (unpaired) electrons. The van der Waals surface area contributed by atoms with Crippen LogP contribution >= 0.6 is 15.9 Å². The Morgan fingerprint density at radius 2 is 2.00 bits per heavy atom. The van der Waals surface area contributed by atoms with Crippen molar-refractivity contribution in [2.24, 2.45) is 5.73 Å². The SMILES string of the molecule is CC(C)(N)C1=Cc2cc(Br)ccc2CC1. The van der Waals surface area contributed by atoms with E-state index < -0.39 is 0 Å². The lowest BCUT2D eigenvalue weighted by Crippen LogP contribution is -2.35. The van der Waals surface area contributed by atoms with Gasteiger partial charge in [0, 0.05) is 10.0 Å². The third kappa shape index (κ3) is 2.32. The summed E-state index contributed by atoms with van der Waals surface area (Å²) in [5, 5.41) is 0. The highest BCUT2D eigenvalue weighted by molar-refractivity contribution is 9.10. The quantitative estimate of drug-likeness (QED) is 0.827. The van der Waals surface area contributed by atoms with Crippen molar-refractivity contribution in [1.82, 2.24) is 0 Å². The van der Waals surface area contributed by atoms with Crippen LogP contribution in [0.3, 0.4) is 0 Å². The molecule has 1 aromatic rings. The van der Waals surface area contributed by atoms with Crippen molar-refractivity contribution in [2.75, 3.05) is 0 Å². The van der Waals surface area contributed by atoms with Gasteiger partial charge in [-0.05, 0) is 49.9 Å². The van der Waals surface area contributed by atoms with Crippen LogP contribution in [0, 0.1) is 0 Å². The fraction of sp³-hybridized carbons (Fsp3) is 0.385. The second-order valence-corrected chi connectivity index (χ2v) is 5.65. The smallest absolute Gasteiger partial charge is 0.0314 e. The topological polar surface area (TPSA) is 26.0 Å². The van der Waals surface area contributed by atoms with Gasteiger partial charge in [-0.1, -0.05) is 33.6 Å². The second kappa shape index (κ2) is 3.76. The van der Waals surface area contributed by atoms with Crippen molar-refractivity contribution in [2.45, 2.75) is 32.2 Å². The van der Waals surface area contributed by atoms with Gasteiger partial charge in [0.1, 0.15) is 0 Å². The summed E-state index contributed by atoms with van der Waals surface area (Å²) in [5.74, 6) is 0. The highest BCUT2D eigenvalue weighted by atomic mass is 79.9. The Kier molecular flexibility index (Phi) is 2.73. The molecule has 2 rings (SSSR count). The first-order valence-corrected chi connectivity index (χ1v) is 6.04. The number of halogens is 1. The lowest BCUT2D eigenvalue weighted by atomic mass is 9.83. The summed E-state index contributed by atoms with van der Waals surface area (Å²) in [7, 11) is 0. The predicted molar refractivity (Wildman–Crippen MR) is 68.7 cm³/mol. The maximum Gasteiger partial charge on any atom is 0.0314 e. The average Bonchev–Trinajstić information content (AvgIpc) is 2.15. The molecule has 0 spiro atoms. The molecule has 0 aliphatic heterocycles. The van der Waals surface area contributed by atoms with Crippen molar-refractivity contribution in [3.63, 3.8) is 0 Å². The van der Waals surface area contributed by atoms with E-state index in [1.165, 1.54) is 16.7 Å². The summed E-state index contributed by atoms with van der Waals surface area (Å²) in [5.41, 5.74) is 10.0. The van der Waals surface area contributed by atoms with Crippen LogP contribution in [0.1, 0.15) is 31.4 Å². The molecule has 0 fully saturated rings. The van der Waals surface area contributed by atoms with E-state index in [-0.39, 0.29) is 5.54 Å². The Hall–Kier alpha value is -0.600.